The molecule has 0 spiro atoms. The third-order valence-corrected chi connectivity index (χ3v) is 4.05. The van der Waals surface area contributed by atoms with E-state index in [-0.39, 0.29) is 12.0 Å². The average Bonchev–Trinajstić information content (AvgIpc) is 3.20. The molecule has 2 aromatic heterocycles. The average molecular weight is 349 g/mol. The second-order valence-corrected chi connectivity index (χ2v) is 5.82. The maximum absolute atomic E-state index is 12.5. The van der Waals surface area contributed by atoms with Crippen molar-refractivity contribution in [2.24, 2.45) is 0 Å². The van der Waals surface area contributed by atoms with E-state index in [0.29, 0.717) is 31.1 Å². The molecule has 3 heterocycles. The molecule has 4 rings (SSSR count). The van der Waals surface area contributed by atoms with Crippen LogP contribution in [0.1, 0.15) is 12.0 Å². The Morgan fingerprint density at radius 3 is 2.72 bits per heavy atom. The molecule has 0 radical (unpaired) electrons. The number of hydrogen-bond donors (Lipinski definition) is 0. The summed E-state index contributed by atoms with van der Waals surface area (Å²) in [5, 5.41) is 0. The zero-order chi connectivity index (χ0) is 17.4. The van der Waals surface area contributed by atoms with Crippen LogP contribution < -0.4 is 9.64 Å². The maximum Gasteiger partial charge on any atom is 0.417 e. The van der Waals surface area contributed by atoms with Gasteiger partial charge in [-0.25, -0.2) is 4.98 Å². The lowest BCUT2D eigenvalue weighted by Crippen LogP contribution is -2.25. The number of para-hydroxylation sites is 2. The smallest absolute Gasteiger partial charge is 0.417 e. The zero-order valence-electron chi connectivity index (χ0n) is 13.0. The van der Waals surface area contributed by atoms with Gasteiger partial charge in [0.05, 0.1) is 12.1 Å². The van der Waals surface area contributed by atoms with E-state index in [0.717, 1.165) is 17.8 Å². The summed E-state index contributed by atoms with van der Waals surface area (Å²) in [6, 6.07) is 10.2. The molecule has 8 heteroatoms. The number of nitrogens with zero attached hydrogens (tertiary/aromatic N) is 3. The highest BCUT2D eigenvalue weighted by Crippen LogP contribution is 2.30. The standard InChI is InChI=1S/C17H14F3N3O2/c18-17(19,20)11-5-6-15(21-9-11)24-12-7-8-23(10-12)16-22-13-3-1-2-4-14(13)25-16/h1-6,9,12H,7-8,10H2. The van der Waals surface area contributed by atoms with Crippen molar-refractivity contribution in [2.75, 3.05) is 18.0 Å². The van der Waals surface area contributed by atoms with Crippen LogP contribution in [-0.4, -0.2) is 29.2 Å². The lowest BCUT2D eigenvalue weighted by Gasteiger charge is -2.15. The first-order valence-electron chi connectivity index (χ1n) is 7.79. The summed E-state index contributed by atoms with van der Waals surface area (Å²) in [7, 11) is 0. The van der Waals surface area contributed by atoms with Crippen molar-refractivity contribution < 1.29 is 22.3 Å². The summed E-state index contributed by atoms with van der Waals surface area (Å²) < 4.78 is 49.0. The van der Waals surface area contributed by atoms with E-state index in [2.05, 4.69) is 9.97 Å². The van der Waals surface area contributed by atoms with Gasteiger partial charge in [-0.15, -0.1) is 0 Å². The predicted octanol–water partition coefficient (Wildman–Crippen LogP) is 3.90. The molecule has 0 aliphatic carbocycles. The van der Waals surface area contributed by atoms with Gasteiger partial charge in [0, 0.05) is 25.2 Å². The summed E-state index contributed by atoms with van der Waals surface area (Å²) in [6.45, 7) is 1.23. The fourth-order valence-electron chi connectivity index (χ4n) is 2.78. The number of alkyl halides is 3. The number of aromatic nitrogens is 2. The molecule has 0 N–H and O–H groups in total. The summed E-state index contributed by atoms with van der Waals surface area (Å²) in [5.41, 5.74) is 0.705. The van der Waals surface area contributed by atoms with Crippen LogP contribution >= 0.6 is 0 Å². The highest BCUT2D eigenvalue weighted by Gasteiger charge is 2.31. The van der Waals surface area contributed by atoms with E-state index in [9.17, 15) is 13.2 Å². The van der Waals surface area contributed by atoms with E-state index < -0.39 is 11.7 Å². The van der Waals surface area contributed by atoms with Gasteiger partial charge in [-0.1, -0.05) is 12.1 Å². The molecule has 25 heavy (non-hydrogen) atoms. The van der Waals surface area contributed by atoms with Gasteiger partial charge in [0.25, 0.3) is 6.01 Å². The highest BCUT2D eigenvalue weighted by atomic mass is 19.4. The first kappa shape index (κ1) is 15.7. The van der Waals surface area contributed by atoms with Gasteiger partial charge in [-0.05, 0) is 18.2 Å². The Morgan fingerprint density at radius 1 is 1.16 bits per heavy atom. The van der Waals surface area contributed by atoms with Crippen LogP contribution in [0.3, 0.4) is 0 Å². The minimum absolute atomic E-state index is 0.178. The van der Waals surface area contributed by atoms with Crippen molar-refractivity contribution in [2.45, 2.75) is 18.7 Å². The summed E-state index contributed by atoms with van der Waals surface area (Å²) >= 11 is 0. The fourth-order valence-corrected chi connectivity index (χ4v) is 2.78. The van der Waals surface area contributed by atoms with Crippen molar-refractivity contribution in [3.8, 4) is 5.88 Å². The van der Waals surface area contributed by atoms with E-state index in [4.69, 9.17) is 9.15 Å². The van der Waals surface area contributed by atoms with Gasteiger partial charge in [0.2, 0.25) is 5.88 Å². The molecule has 1 aliphatic heterocycles. The van der Waals surface area contributed by atoms with E-state index in [1.54, 1.807) is 0 Å². The number of oxazole rings is 1. The number of hydrogen-bond acceptors (Lipinski definition) is 5. The van der Waals surface area contributed by atoms with Gasteiger partial charge >= 0.3 is 6.18 Å². The molecule has 1 aliphatic rings. The lowest BCUT2D eigenvalue weighted by atomic mass is 10.3. The van der Waals surface area contributed by atoms with Crippen LogP contribution in [0.2, 0.25) is 0 Å². The molecule has 5 nitrogen and oxygen atoms in total. The molecule has 130 valence electrons. The monoisotopic (exact) mass is 349 g/mol. The number of ether oxygens (including phenoxy) is 1. The fraction of sp³-hybridized carbons (Fsp3) is 0.294. The molecule has 0 bridgehead atoms. The zero-order valence-corrected chi connectivity index (χ0v) is 13.0. The number of halogens is 3. The second kappa shape index (κ2) is 5.94. The lowest BCUT2D eigenvalue weighted by molar-refractivity contribution is -0.137. The minimum Gasteiger partial charge on any atom is -0.472 e. The first-order chi connectivity index (χ1) is 12.0. The van der Waals surface area contributed by atoms with Gasteiger partial charge in [-0.3, -0.25) is 0 Å². The normalized spacial score (nSPS) is 18.0. The predicted molar refractivity (Wildman–Crippen MR) is 84.5 cm³/mol. The van der Waals surface area contributed by atoms with Crippen molar-refractivity contribution in [1.29, 1.82) is 0 Å². The van der Waals surface area contributed by atoms with Crippen molar-refractivity contribution in [3.63, 3.8) is 0 Å². The Hall–Kier alpha value is -2.77. The highest BCUT2D eigenvalue weighted by molar-refractivity contribution is 5.74. The van der Waals surface area contributed by atoms with E-state index in [1.165, 1.54) is 6.07 Å². The molecule has 1 fully saturated rings. The van der Waals surface area contributed by atoms with Crippen molar-refractivity contribution in [1.82, 2.24) is 9.97 Å². The molecule has 0 saturated carbocycles. The molecule has 3 aromatic rings. The maximum atomic E-state index is 12.5. The van der Waals surface area contributed by atoms with Crippen LogP contribution in [0.5, 0.6) is 5.88 Å². The molecule has 1 saturated heterocycles. The van der Waals surface area contributed by atoms with E-state index >= 15 is 0 Å². The van der Waals surface area contributed by atoms with Crippen molar-refractivity contribution in [3.05, 3.63) is 48.2 Å². The SMILES string of the molecule is FC(F)(F)c1ccc(OC2CCN(c3nc4ccccc4o3)C2)nc1. The van der Waals surface area contributed by atoms with Crippen LogP contribution in [0.15, 0.2) is 47.0 Å². The van der Waals surface area contributed by atoms with Crippen molar-refractivity contribution >= 4 is 17.1 Å². The number of fused-ring (bicyclic) bond motifs is 1. The van der Waals surface area contributed by atoms with E-state index in [1.807, 2.05) is 29.2 Å². The topological polar surface area (TPSA) is 51.4 Å². The number of pyridine rings is 1. The van der Waals surface area contributed by atoms with Gasteiger partial charge < -0.3 is 14.1 Å². The summed E-state index contributed by atoms with van der Waals surface area (Å²) in [5.74, 6) is 0.178. The number of rotatable bonds is 3. The van der Waals surface area contributed by atoms with Crippen LogP contribution in [0.4, 0.5) is 19.2 Å². The Labute approximate surface area is 141 Å². The summed E-state index contributed by atoms with van der Waals surface area (Å²) in [4.78, 5) is 10.1. The van der Waals surface area contributed by atoms with Crippen LogP contribution in [0, 0.1) is 0 Å². The molecule has 0 amide bonds. The largest absolute Gasteiger partial charge is 0.472 e. The quantitative estimate of drug-likeness (QED) is 0.718. The van der Waals surface area contributed by atoms with Crippen LogP contribution in [-0.2, 0) is 6.18 Å². The first-order valence-corrected chi connectivity index (χ1v) is 7.79. The molecule has 1 aromatic carbocycles. The van der Waals surface area contributed by atoms with Gasteiger partial charge in [-0.2, -0.15) is 18.2 Å². The second-order valence-electron chi connectivity index (χ2n) is 5.82. The Bertz CT molecular complexity index is 844. The molecule has 1 atom stereocenters. The Balaban J connectivity index is 1.42. The van der Waals surface area contributed by atoms with Crippen LogP contribution in [0.25, 0.3) is 11.1 Å². The van der Waals surface area contributed by atoms with Gasteiger partial charge in [0.15, 0.2) is 5.58 Å². The molecular weight excluding hydrogens is 335 g/mol. The minimum atomic E-state index is -4.40. The van der Waals surface area contributed by atoms with Gasteiger partial charge in [0.1, 0.15) is 11.6 Å². The number of benzene rings is 1. The number of anilines is 1. The third kappa shape index (κ3) is 3.24. The Kier molecular flexibility index (Phi) is 3.74. The third-order valence-electron chi connectivity index (χ3n) is 4.05. The Morgan fingerprint density at radius 2 is 2.00 bits per heavy atom. The molecular formula is C17H14F3N3O2. The summed E-state index contributed by atoms with van der Waals surface area (Å²) in [6.07, 6.45) is -3.09. The molecule has 1 unspecified atom stereocenters.